The monoisotopic (exact) mass is 518 g/mol. The summed E-state index contributed by atoms with van der Waals surface area (Å²) >= 11 is 0. The van der Waals surface area contributed by atoms with Gasteiger partial charge in [0.05, 0.1) is 23.2 Å². The largest absolute Gasteiger partial charge is 0.507 e. The van der Waals surface area contributed by atoms with Gasteiger partial charge in [0, 0.05) is 32.2 Å². The molecule has 37 heavy (non-hydrogen) atoms. The number of hydrogen-bond acceptors (Lipinski definition) is 5. The van der Waals surface area contributed by atoms with Crippen LogP contribution in [0.2, 0.25) is 0 Å². The van der Waals surface area contributed by atoms with Crippen molar-refractivity contribution in [3.63, 3.8) is 0 Å². The fraction of sp³-hybridized carbons (Fsp3) is 0.714. The van der Waals surface area contributed by atoms with Crippen molar-refractivity contribution in [1.29, 1.82) is 0 Å². The van der Waals surface area contributed by atoms with Crippen LogP contribution in [0.1, 0.15) is 114 Å². The van der Waals surface area contributed by atoms with Gasteiger partial charge in [0.2, 0.25) is 0 Å². The van der Waals surface area contributed by atoms with Gasteiger partial charge in [0.25, 0.3) is 0 Å². The molecule has 0 aromatic heterocycles. The minimum Gasteiger partial charge on any atom is -0.507 e. The molecule has 5 N–H and O–H groups in total. The summed E-state index contributed by atoms with van der Waals surface area (Å²) in [6.07, 6.45) is 11.2. The summed E-state index contributed by atoms with van der Waals surface area (Å²) in [5.41, 5.74) is 0.497. The van der Waals surface area contributed by atoms with Crippen molar-refractivity contribution >= 4 is 12.1 Å². The van der Waals surface area contributed by atoms with Gasteiger partial charge in [-0.25, -0.2) is 9.59 Å². The lowest BCUT2D eigenvalue weighted by Crippen LogP contribution is -2.40. The smallest absolute Gasteiger partial charge is 0.317 e. The highest BCUT2D eigenvalue weighted by Crippen LogP contribution is 2.50. The summed E-state index contributed by atoms with van der Waals surface area (Å²) in [6.45, 7) is 6.51. The number of nitrogens with zero attached hydrogens (tertiary/aromatic N) is 2. The molecule has 2 saturated heterocycles. The highest BCUT2D eigenvalue weighted by molar-refractivity contribution is 5.77. The number of nitrogens with one attached hydrogen (secondary N) is 2. The summed E-state index contributed by atoms with van der Waals surface area (Å²) in [6, 6.07) is -0.188. The van der Waals surface area contributed by atoms with Crippen molar-refractivity contribution in [1.82, 2.24) is 20.4 Å². The molecule has 0 bridgehead atoms. The molecule has 2 aliphatic rings. The zero-order valence-electron chi connectivity index (χ0n) is 22.6. The third kappa shape index (κ3) is 7.14. The Balaban J connectivity index is 1.76. The van der Waals surface area contributed by atoms with E-state index >= 15 is 0 Å². The van der Waals surface area contributed by atoms with Gasteiger partial charge in [0.1, 0.15) is 17.2 Å². The van der Waals surface area contributed by atoms with Crippen LogP contribution in [0.3, 0.4) is 0 Å². The van der Waals surface area contributed by atoms with Gasteiger partial charge in [-0.1, -0.05) is 52.4 Å². The molecule has 0 aliphatic carbocycles. The fourth-order valence-electron chi connectivity index (χ4n) is 5.65. The standard InChI is InChI=1S/C28H46N4O5/c1-3-5-7-9-15-29-27(36)31-17-11-13-20(31)24-22(33)19-23(34)25(26(24)35)21-14-12-18-32(21)28(37)30-16-10-8-6-4-2/h19-21,33-35H,3-18H2,1-2H3,(H,29,36)(H,30,37). The van der Waals surface area contributed by atoms with Gasteiger partial charge >= 0.3 is 12.1 Å². The minimum absolute atomic E-state index is 0.211. The number of benzene rings is 1. The Morgan fingerprint density at radius 3 is 1.59 bits per heavy atom. The number of amides is 4. The minimum atomic E-state index is -0.503. The Morgan fingerprint density at radius 2 is 1.19 bits per heavy atom. The van der Waals surface area contributed by atoms with Crippen LogP contribution in [-0.4, -0.2) is 63.4 Å². The highest BCUT2D eigenvalue weighted by Gasteiger charge is 2.39. The van der Waals surface area contributed by atoms with Gasteiger partial charge in [-0.05, 0) is 38.5 Å². The van der Waals surface area contributed by atoms with Crippen LogP contribution < -0.4 is 10.6 Å². The molecule has 9 nitrogen and oxygen atoms in total. The molecular formula is C28H46N4O5. The van der Waals surface area contributed by atoms with E-state index in [1.165, 1.54) is 6.07 Å². The van der Waals surface area contributed by atoms with Crippen molar-refractivity contribution in [3.8, 4) is 17.2 Å². The Hall–Kier alpha value is -2.84. The molecule has 0 saturated carbocycles. The third-order valence-corrected chi connectivity index (χ3v) is 7.64. The van der Waals surface area contributed by atoms with Crippen molar-refractivity contribution in [2.75, 3.05) is 26.2 Å². The van der Waals surface area contributed by atoms with Gasteiger partial charge in [-0.2, -0.15) is 0 Å². The van der Waals surface area contributed by atoms with Crippen LogP contribution in [-0.2, 0) is 0 Å². The van der Waals surface area contributed by atoms with Crippen LogP contribution >= 0.6 is 0 Å². The van der Waals surface area contributed by atoms with E-state index in [0.29, 0.717) is 39.0 Å². The number of phenolic OH excluding ortho intramolecular Hbond substituents is 3. The fourth-order valence-corrected chi connectivity index (χ4v) is 5.65. The van der Waals surface area contributed by atoms with Crippen molar-refractivity contribution in [2.24, 2.45) is 0 Å². The molecule has 4 amide bonds. The third-order valence-electron chi connectivity index (χ3n) is 7.64. The first-order chi connectivity index (χ1) is 17.9. The summed E-state index contributed by atoms with van der Waals surface area (Å²) in [7, 11) is 0. The van der Waals surface area contributed by atoms with E-state index in [-0.39, 0.29) is 40.4 Å². The molecule has 0 spiro atoms. The topological polar surface area (TPSA) is 125 Å². The molecule has 9 heteroatoms. The number of urea groups is 2. The number of rotatable bonds is 12. The molecule has 2 unspecified atom stereocenters. The zero-order valence-corrected chi connectivity index (χ0v) is 22.6. The van der Waals surface area contributed by atoms with Crippen molar-refractivity contribution in [2.45, 2.75) is 103 Å². The van der Waals surface area contributed by atoms with Crippen LogP contribution in [0.5, 0.6) is 17.2 Å². The van der Waals surface area contributed by atoms with E-state index in [9.17, 15) is 24.9 Å². The summed E-state index contributed by atoms with van der Waals surface area (Å²) in [5, 5.41) is 38.8. The number of likely N-dealkylation sites (tertiary alicyclic amines) is 2. The lowest BCUT2D eigenvalue weighted by atomic mass is 9.93. The average molecular weight is 519 g/mol. The Morgan fingerprint density at radius 1 is 0.757 bits per heavy atom. The molecule has 3 rings (SSSR count). The lowest BCUT2D eigenvalue weighted by Gasteiger charge is -2.30. The second-order valence-electron chi connectivity index (χ2n) is 10.4. The first kappa shape index (κ1) is 28.7. The van der Waals surface area contributed by atoms with Crippen molar-refractivity contribution < 1.29 is 24.9 Å². The normalized spacial score (nSPS) is 19.4. The van der Waals surface area contributed by atoms with E-state index in [0.717, 1.165) is 64.2 Å². The maximum Gasteiger partial charge on any atom is 0.317 e. The van der Waals surface area contributed by atoms with Gasteiger partial charge in [-0.3, -0.25) is 0 Å². The van der Waals surface area contributed by atoms with E-state index in [1.54, 1.807) is 9.80 Å². The second kappa shape index (κ2) is 14.2. The molecule has 0 radical (unpaired) electrons. The van der Waals surface area contributed by atoms with Crippen LogP contribution in [0.4, 0.5) is 9.59 Å². The van der Waals surface area contributed by atoms with Gasteiger partial charge in [0.15, 0.2) is 0 Å². The number of aromatic hydroxyl groups is 3. The molecule has 1 aromatic rings. The average Bonchev–Trinajstić information content (AvgIpc) is 3.54. The molecule has 2 fully saturated rings. The molecule has 1 aromatic carbocycles. The first-order valence-electron chi connectivity index (χ1n) is 14.3. The Kier molecular flexibility index (Phi) is 11.0. The van der Waals surface area contributed by atoms with E-state index in [1.807, 2.05) is 0 Å². The predicted octanol–water partition coefficient (Wildman–Crippen LogP) is 5.66. The number of unbranched alkanes of at least 4 members (excludes halogenated alkanes) is 6. The maximum atomic E-state index is 12.9. The number of hydrogen-bond donors (Lipinski definition) is 5. The van der Waals surface area contributed by atoms with E-state index < -0.39 is 12.1 Å². The Labute approximate surface area is 221 Å². The molecule has 2 atom stereocenters. The zero-order chi connectivity index (χ0) is 26.8. The number of carbonyl (C=O) groups is 2. The SMILES string of the molecule is CCCCCCNC(=O)N1CCCC1c1c(O)cc(O)c(C2CCCN2C(=O)NCCCCCC)c1O. The van der Waals surface area contributed by atoms with Crippen LogP contribution in [0, 0.1) is 0 Å². The molecule has 2 heterocycles. The number of phenols is 3. The first-order valence-corrected chi connectivity index (χ1v) is 14.3. The maximum absolute atomic E-state index is 12.9. The molecule has 2 aliphatic heterocycles. The molecule has 208 valence electrons. The summed E-state index contributed by atoms with van der Waals surface area (Å²) in [4.78, 5) is 29.2. The van der Waals surface area contributed by atoms with Gasteiger partial charge in [-0.15, -0.1) is 0 Å². The quantitative estimate of drug-likeness (QED) is 0.228. The summed E-state index contributed by atoms with van der Waals surface area (Å²) in [5.74, 6) is -0.703. The Bertz CT molecular complexity index is 841. The van der Waals surface area contributed by atoms with Crippen LogP contribution in [0.25, 0.3) is 0 Å². The van der Waals surface area contributed by atoms with E-state index in [4.69, 9.17) is 0 Å². The lowest BCUT2D eigenvalue weighted by molar-refractivity contribution is 0.189. The summed E-state index contributed by atoms with van der Waals surface area (Å²) < 4.78 is 0. The second-order valence-corrected chi connectivity index (χ2v) is 10.4. The number of carbonyl (C=O) groups excluding carboxylic acids is 2. The van der Waals surface area contributed by atoms with Gasteiger partial charge < -0.3 is 35.8 Å². The van der Waals surface area contributed by atoms with Crippen molar-refractivity contribution in [3.05, 3.63) is 17.2 Å². The highest BCUT2D eigenvalue weighted by atomic mass is 16.3. The predicted molar refractivity (Wildman–Crippen MR) is 144 cm³/mol. The van der Waals surface area contributed by atoms with E-state index in [2.05, 4.69) is 24.5 Å². The van der Waals surface area contributed by atoms with Crippen LogP contribution in [0.15, 0.2) is 6.07 Å². The molecular weight excluding hydrogens is 472 g/mol.